The summed E-state index contributed by atoms with van der Waals surface area (Å²) in [5, 5.41) is 7.45. The van der Waals surface area contributed by atoms with E-state index in [4.69, 9.17) is 0 Å². The van der Waals surface area contributed by atoms with Crippen LogP contribution in [0.15, 0.2) is 41.5 Å². The first-order chi connectivity index (χ1) is 11.5. The van der Waals surface area contributed by atoms with Gasteiger partial charge in [-0.25, -0.2) is 9.67 Å². The molecule has 3 heterocycles. The summed E-state index contributed by atoms with van der Waals surface area (Å²) in [7, 11) is 0. The number of pyridine rings is 1. The van der Waals surface area contributed by atoms with Crippen molar-refractivity contribution in [3.63, 3.8) is 0 Å². The highest BCUT2D eigenvalue weighted by molar-refractivity contribution is 7.15. The van der Waals surface area contributed by atoms with E-state index in [1.165, 1.54) is 17.4 Å². The molecule has 0 spiro atoms. The summed E-state index contributed by atoms with van der Waals surface area (Å²) in [6.07, 6.45) is 3.31. The normalized spacial score (nSPS) is 10.6. The number of nitrogens with zero attached hydrogens (tertiary/aromatic N) is 4. The molecule has 0 aromatic carbocycles. The molecule has 0 atom stereocenters. The fraction of sp³-hybridized carbons (Fsp3) is 0.188. The number of thiazole rings is 1. The van der Waals surface area contributed by atoms with Gasteiger partial charge in [-0.1, -0.05) is 0 Å². The lowest BCUT2D eigenvalue weighted by atomic mass is 10.2. The lowest BCUT2D eigenvalue weighted by Crippen LogP contribution is -2.29. The van der Waals surface area contributed by atoms with Crippen molar-refractivity contribution in [2.24, 2.45) is 0 Å². The number of aryl methyl sites for hydroxylation is 2. The molecule has 0 saturated heterocycles. The van der Waals surface area contributed by atoms with Gasteiger partial charge in [0.05, 0.1) is 11.4 Å². The Bertz CT molecular complexity index is 914. The Hall–Kier alpha value is -2.87. The predicted octanol–water partition coefficient (Wildman–Crippen LogP) is 2.02. The van der Waals surface area contributed by atoms with E-state index in [2.05, 4.69) is 20.4 Å². The minimum atomic E-state index is -0.346. The second kappa shape index (κ2) is 6.71. The quantitative estimate of drug-likeness (QED) is 0.784. The van der Waals surface area contributed by atoms with E-state index < -0.39 is 0 Å². The van der Waals surface area contributed by atoms with E-state index in [1.54, 1.807) is 24.5 Å². The zero-order valence-corrected chi connectivity index (χ0v) is 14.0. The lowest BCUT2D eigenvalue weighted by molar-refractivity contribution is -0.117. The standard InChI is InChI=1S/C16H15N5O2S/c1-10-11(2)24-16(18-10)19-14(22)9-21-15(23)6-5-13(20-21)12-4-3-7-17-8-12/h3-8H,9H2,1-2H3,(H,18,19,22). The van der Waals surface area contributed by atoms with E-state index in [1.807, 2.05) is 19.9 Å². The highest BCUT2D eigenvalue weighted by Crippen LogP contribution is 2.21. The van der Waals surface area contributed by atoms with Crippen molar-refractivity contribution in [3.05, 3.63) is 57.6 Å². The number of carbonyl (C=O) groups is 1. The molecule has 3 rings (SSSR count). The first-order valence-corrected chi connectivity index (χ1v) is 8.07. The zero-order valence-electron chi connectivity index (χ0n) is 13.2. The molecule has 0 saturated carbocycles. The minimum absolute atomic E-state index is 0.176. The first-order valence-electron chi connectivity index (χ1n) is 7.25. The van der Waals surface area contributed by atoms with Gasteiger partial charge in [-0.05, 0) is 32.0 Å². The highest BCUT2D eigenvalue weighted by atomic mass is 32.1. The van der Waals surface area contributed by atoms with Crippen molar-refractivity contribution in [2.45, 2.75) is 20.4 Å². The van der Waals surface area contributed by atoms with Crippen molar-refractivity contribution in [1.82, 2.24) is 19.7 Å². The maximum absolute atomic E-state index is 12.1. The van der Waals surface area contributed by atoms with E-state index in [0.29, 0.717) is 10.8 Å². The van der Waals surface area contributed by atoms with E-state index >= 15 is 0 Å². The van der Waals surface area contributed by atoms with Crippen molar-refractivity contribution < 1.29 is 4.79 Å². The predicted molar refractivity (Wildman–Crippen MR) is 91.9 cm³/mol. The molecule has 0 fully saturated rings. The topological polar surface area (TPSA) is 89.8 Å². The molecule has 24 heavy (non-hydrogen) atoms. The Kier molecular flexibility index (Phi) is 4.48. The van der Waals surface area contributed by atoms with E-state index in [0.717, 1.165) is 20.8 Å². The summed E-state index contributed by atoms with van der Waals surface area (Å²) in [6.45, 7) is 3.64. The van der Waals surface area contributed by atoms with Crippen LogP contribution >= 0.6 is 11.3 Å². The van der Waals surface area contributed by atoms with Crippen LogP contribution in [0.5, 0.6) is 0 Å². The van der Waals surface area contributed by atoms with Crippen LogP contribution in [-0.2, 0) is 11.3 Å². The summed E-state index contributed by atoms with van der Waals surface area (Å²) in [4.78, 5) is 33.4. The third-order valence-electron chi connectivity index (χ3n) is 3.39. The molecule has 0 aliphatic heterocycles. The molecule has 1 N–H and O–H groups in total. The van der Waals surface area contributed by atoms with Gasteiger partial charge < -0.3 is 5.32 Å². The summed E-state index contributed by atoms with van der Waals surface area (Å²) in [5.74, 6) is -0.346. The Morgan fingerprint density at radius 3 is 2.79 bits per heavy atom. The number of amides is 1. The number of rotatable bonds is 4. The number of hydrogen-bond acceptors (Lipinski definition) is 6. The average Bonchev–Trinajstić information content (AvgIpc) is 2.88. The summed E-state index contributed by atoms with van der Waals surface area (Å²) in [5.41, 5.74) is 1.89. The van der Waals surface area contributed by atoms with Gasteiger partial charge in [0, 0.05) is 28.9 Å². The van der Waals surface area contributed by atoms with Crippen LogP contribution in [0.25, 0.3) is 11.3 Å². The second-order valence-corrected chi connectivity index (χ2v) is 6.37. The molecular formula is C16H15N5O2S. The third kappa shape index (κ3) is 3.54. The number of aromatic nitrogens is 4. The molecule has 1 amide bonds. The van der Waals surface area contributed by atoms with Gasteiger partial charge in [0.15, 0.2) is 5.13 Å². The molecule has 0 unspecified atom stereocenters. The van der Waals surface area contributed by atoms with Gasteiger partial charge in [0.1, 0.15) is 6.54 Å². The lowest BCUT2D eigenvalue weighted by Gasteiger charge is -2.06. The molecule has 0 radical (unpaired) electrons. The number of anilines is 1. The largest absolute Gasteiger partial charge is 0.300 e. The molecule has 122 valence electrons. The summed E-state index contributed by atoms with van der Waals surface area (Å²) < 4.78 is 1.13. The highest BCUT2D eigenvalue weighted by Gasteiger charge is 2.11. The SMILES string of the molecule is Cc1nc(NC(=O)Cn2nc(-c3cccnc3)ccc2=O)sc1C. The fourth-order valence-electron chi connectivity index (χ4n) is 2.05. The third-order valence-corrected chi connectivity index (χ3v) is 4.38. The Morgan fingerprint density at radius 1 is 1.29 bits per heavy atom. The number of carbonyl (C=O) groups excluding carboxylic acids is 1. The van der Waals surface area contributed by atoms with Crippen LogP contribution in [0.3, 0.4) is 0 Å². The maximum Gasteiger partial charge on any atom is 0.267 e. The maximum atomic E-state index is 12.1. The van der Waals surface area contributed by atoms with Crippen molar-refractivity contribution in [3.8, 4) is 11.3 Å². The Morgan fingerprint density at radius 2 is 2.12 bits per heavy atom. The molecule has 0 aliphatic rings. The van der Waals surface area contributed by atoms with Crippen molar-refractivity contribution in [2.75, 3.05) is 5.32 Å². The van der Waals surface area contributed by atoms with Crippen molar-refractivity contribution >= 4 is 22.4 Å². The van der Waals surface area contributed by atoms with Gasteiger partial charge in [-0.3, -0.25) is 14.6 Å². The molecule has 0 bridgehead atoms. The fourth-order valence-corrected chi connectivity index (χ4v) is 2.88. The molecule has 8 heteroatoms. The molecule has 3 aromatic rings. The second-order valence-electron chi connectivity index (χ2n) is 5.16. The average molecular weight is 341 g/mol. The van der Waals surface area contributed by atoms with Crippen LogP contribution in [0, 0.1) is 13.8 Å². The number of hydrogen-bond donors (Lipinski definition) is 1. The van der Waals surface area contributed by atoms with Crippen LogP contribution in [0.1, 0.15) is 10.6 Å². The van der Waals surface area contributed by atoms with Gasteiger partial charge in [-0.2, -0.15) is 5.10 Å². The van der Waals surface area contributed by atoms with Gasteiger partial charge >= 0.3 is 0 Å². The van der Waals surface area contributed by atoms with E-state index in [-0.39, 0.29) is 18.0 Å². The Labute approximate surface area is 142 Å². The molecule has 7 nitrogen and oxygen atoms in total. The van der Waals surface area contributed by atoms with Crippen LogP contribution in [-0.4, -0.2) is 25.7 Å². The molecule has 3 aromatic heterocycles. The molecular weight excluding hydrogens is 326 g/mol. The van der Waals surface area contributed by atoms with Crippen LogP contribution < -0.4 is 10.9 Å². The van der Waals surface area contributed by atoms with E-state index in [9.17, 15) is 9.59 Å². The van der Waals surface area contributed by atoms with Gasteiger partial charge in [0.25, 0.3) is 5.56 Å². The smallest absolute Gasteiger partial charge is 0.267 e. The minimum Gasteiger partial charge on any atom is -0.300 e. The van der Waals surface area contributed by atoms with Crippen LogP contribution in [0.2, 0.25) is 0 Å². The van der Waals surface area contributed by atoms with Crippen LogP contribution in [0.4, 0.5) is 5.13 Å². The zero-order chi connectivity index (χ0) is 17.1. The summed E-state index contributed by atoms with van der Waals surface area (Å²) in [6, 6.07) is 6.62. The first kappa shape index (κ1) is 16.0. The molecule has 0 aliphatic carbocycles. The van der Waals surface area contributed by atoms with Gasteiger partial charge in [0.2, 0.25) is 5.91 Å². The summed E-state index contributed by atoms with van der Waals surface area (Å²) >= 11 is 1.40. The van der Waals surface area contributed by atoms with Crippen molar-refractivity contribution in [1.29, 1.82) is 0 Å². The monoisotopic (exact) mass is 341 g/mol. The Balaban J connectivity index is 1.79. The number of nitrogens with one attached hydrogen (secondary N) is 1. The van der Waals surface area contributed by atoms with Gasteiger partial charge in [-0.15, -0.1) is 11.3 Å².